The van der Waals surface area contributed by atoms with Crippen molar-refractivity contribution >= 4 is 29.2 Å². The molecule has 30 heavy (non-hydrogen) atoms. The number of aliphatic carboxylic acids is 1. The Morgan fingerprint density at radius 1 is 0.667 bits per heavy atom. The molecule has 5 nitrogen and oxygen atoms in total. The molecule has 0 aromatic heterocycles. The molecule has 0 aliphatic carbocycles. The molecule has 0 unspecified atom stereocenters. The van der Waals surface area contributed by atoms with Gasteiger partial charge in [-0.1, -0.05) is 120 Å². The molecule has 0 aliphatic heterocycles. The molecule has 0 fully saturated rings. The van der Waals surface area contributed by atoms with Crippen molar-refractivity contribution in [2.75, 3.05) is 32.8 Å². The quantitative estimate of drug-likeness (QED) is 0.141. The Labute approximate surface area is 195 Å². The van der Waals surface area contributed by atoms with Gasteiger partial charge in [0.1, 0.15) is 0 Å². The molecule has 0 aromatic rings. The highest BCUT2D eigenvalue weighted by Gasteiger charge is 2.05. The number of aliphatic hydroxyl groups is 2. The van der Waals surface area contributed by atoms with Crippen LogP contribution in [0.4, 0.5) is 0 Å². The Morgan fingerprint density at radius 2 is 0.967 bits per heavy atom. The van der Waals surface area contributed by atoms with E-state index in [4.69, 9.17) is 38.5 Å². The fourth-order valence-corrected chi connectivity index (χ4v) is 3.32. The number of carbonyl (C=O) groups is 1. The zero-order valence-corrected chi connectivity index (χ0v) is 20.7. The van der Waals surface area contributed by atoms with Gasteiger partial charge in [-0.25, -0.2) is 4.79 Å². The van der Waals surface area contributed by atoms with E-state index in [9.17, 15) is 4.79 Å². The normalized spacial score (nSPS) is 11.0. The second-order valence-electron chi connectivity index (χ2n) is 7.88. The molecular formula is C23H47Cl2NO4. The average Bonchev–Trinajstić information content (AvgIpc) is 2.71. The summed E-state index contributed by atoms with van der Waals surface area (Å²) in [6.45, 7) is 5.07. The summed E-state index contributed by atoms with van der Waals surface area (Å²) in [5, 5.41) is 25.7. The second-order valence-corrected chi connectivity index (χ2v) is 8.97. The third-order valence-corrected chi connectivity index (χ3v) is 5.47. The minimum atomic E-state index is -1.29. The molecule has 0 spiro atoms. The number of aliphatic hydroxyl groups excluding tert-OH is 2. The summed E-state index contributed by atoms with van der Waals surface area (Å²) in [7, 11) is 0. The van der Waals surface area contributed by atoms with Crippen LogP contribution < -0.4 is 0 Å². The second kappa shape index (κ2) is 27.0. The lowest BCUT2D eigenvalue weighted by atomic mass is 10.0. The number of carboxylic acids is 1. The predicted molar refractivity (Wildman–Crippen MR) is 129 cm³/mol. The first-order valence-electron chi connectivity index (χ1n) is 11.9. The van der Waals surface area contributed by atoms with E-state index in [1.54, 1.807) is 0 Å². The highest BCUT2D eigenvalue weighted by molar-refractivity contribution is 6.52. The zero-order chi connectivity index (χ0) is 22.9. The van der Waals surface area contributed by atoms with Crippen molar-refractivity contribution in [3.05, 3.63) is 0 Å². The van der Waals surface area contributed by atoms with Crippen LogP contribution in [-0.4, -0.2) is 63.9 Å². The van der Waals surface area contributed by atoms with E-state index in [1.165, 1.54) is 96.3 Å². The summed E-state index contributed by atoms with van der Waals surface area (Å²) in [6, 6.07) is 0. The lowest BCUT2D eigenvalue weighted by Crippen LogP contribution is -2.30. The summed E-state index contributed by atoms with van der Waals surface area (Å²) in [6.07, 6.45) is 20.8. The SMILES string of the molecule is CCCCCCCCCCCCCCCCCN(CCO)CCO.O=C(O)C(Cl)Cl. The number of rotatable bonds is 21. The van der Waals surface area contributed by atoms with Crippen molar-refractivity contribution in [1.29, 1.82) is 0 Å². The van der Waals surface area contributed by atoms with Crippen LogP contribution in [0.25, 0.3) is 0 Å². The maximum absolute atomic E-state index is 9.44. The van der Waals surface area contributed by atoms with Crippen molar-refractivity contribution in [2.24, 2.45) is 0 Å². The molecule has 0 saturated carbocycles. The van der Waals surface area contributed by atoms with Gasteiger partial charge in [-0.3, -0.25) is 4.90 Å². The Hall–Kier alpha value is -0.0700. The first kappa shape index (κ1) is 32.1. The van der Waals surface area contributed by atoms with E-state index in [1.807, 2.05) is 0 Å². The van der Waals surface area contributed by atoms with E-state index in [0.717, 1.165) is 6.54 Å². The third kappa shape index (κ3) is 27.9. The summed E-state index contributed by atoms with van der Waals surface area (Å²) >= 11 is 9.56. The molecule has 0 atom stereocenters. The van der Waals surface area contributed by atoms with Crippen LogP contribution in [0, 0.1) is 0 Å². The zero-order valence-electron chi connectivity index (χ0n) is 19.2. The molecule has 0 aromatic carbocycles. The predicted octanol–water partition coefficient (Wildman–Crippen LogP) is 6.02. The maximum Gasteiger partial charge on any atom is 0.337 e. The van der Waals surface area contributed by atoms with Crippen molar-refractivity contribution in [3.63, 3.8) is 0 Å². The molecule has 0 saturated heterocycles. The molecule has 3 N–H and O–H groups in total. The standard InChI is InChI=1S/C21H45NO2.C2H2Cl2O2/c1-2-3-4-5-6-7-8-9-10-11-12-13-14-15-16-17-22(18-20-23)19-21-24;3-1(4)2(5)6/h23-24H,2-21H2,1H3;1H,(H,5,6). The summed E-state index contributed by atoms with van der Waals surface area (Å²) in [4.78, 5) is 10.3. The van der Waals surface area contributed by atoms with Gasteiger partial charge in [0.25, 0.3) is 0 Å². The molecule has 0 radical (unpaired) electrons. The number of unbranched alkanes of at least 4 members (excludes halogenated alkanes) is 14. The molecule has 0 heterocycles. The molecule has 0 bridgehead atoms. The molecule has 0 amide bonds. The van der Waals surface area contributed by atoms with Crippen LogP contribution in [0.5, 0.6) is 0 Å². The highest BCUT2D eigenvalue weighted by atomic mass is 35.5. The number of nitrogens with zero attached hydrogens (tertiary/aromatic N) is 1. The lowest BCUT2D eigenvalue weighted by Gasteiger charge is -2.19. The van der Waals surface area contributed by atoms with Gasteiger partial charge in [-0.05, 0) is 13.0 Å². The monoisotopic (exact) mass is 471 g/mol. The van der Waals surface area contributed by atoms with Gasteiger partial charge >= 0.3 is 5.97 Å². The van der Waals surface area contributed by atoms with Gasteiger partial charge in [-0.2, -0.15) is 0 Å². The van der Waals surface area contributed by atoms with Crippen LogP contribution in [-0.2, 0) is 4.79 Å². The highest BCUT2D eigenvalue weighted by Crippen LogP contribution is 2.13. The minimum Gasteiger partial charge on any atom is -0.479 e. The van der Waals surface area contributed by atoms with Crippen LogP contribution in [0.3, 0.4) is 0 Å². The van der Waals surface area contributed by atoms with Gasteiger partial charge in [0.05, 0.1) is 13.2 Å². The number of carboxylic acid groups (broad SMARTS) is 1. The molecule has 0 aliphatic rings. The van der Waals surface area contributed by atoms with E-state index in [0.29, 0.717) is 13.1 Å². The van der Waals surface area contributed by atoms with Gasteiger partial charge in [0.2, 0.25) is 4.84 Å². The number of hydrogen-bond acceptors (Lipinski definition) is 4. The topological polar surface area (TPSA) is 81.0 Å². The van der Waals surface area contributed by atoms with E-state index in [2.05, 4.69) is 11.8 Å². The van der Waals surface area contributed by atoms with Crippen molar-refractivity contribution in [2.45, 2.75) is 108 Å². The van der Waals surface area contributed by atoms with Gasteiger partial charge < -0.3 is 15.3 Å². The van der Waals surface area contributed by atoms with Gasteiger partial charge in [0, 0.05) is 13.1 Å². The van der Waals surface area contributed by atoms with E-state index < -0.39 is 10.8 Å². The Kier molecular flexibility index (Phi) is 28.9. The first-order valence-corrected chi connectivity index (χ1v) is 12.8. The first-order chi connectivity index (χ1) is 14.5. The third-order valence-electron chi connectivity index (χ3n) is 5.10. The minimum absolute atomic E-state index is 0.193. The molecule has 182 valence electrons. The van der Waals surface area contributed by atoms with Crippen molar-refractivity contribution in [3.8, 4) is 0 Å². The fraction of sp³-hybridized carbons (Fsp3) is 0.957. The lowest BCUT2D eigenvalue weighted by molar-refractivity contribution is -0.135. The summed E-state index contributed by atoms with van der Waals surface area (Å²) < 4.78 is 0. The smallest absolute Gasteiger partial charge is 0.337 e. The fourth-order valence-electron chi connectivity index (χ4n) is 3.32. The molecular weight excluding hydrogens is 425 g/mol. The molecule has 7 heteroatoms. The van der Waals surface area contributed by atoms with E-state index in [-0.39, 0.29) is 13.2 Å². The van der Waals surface area contributed by atoms with E-state index >= 15 is 0 Å². The van der Waals surface area contributed by atoms with Crippen LogP contribution in [0.1, 0.15) is 103 Å². The Morgan fingerprint density at radius 3 is 1.23 bits per heavy atom. The number of halogens is 2. The van der Waals surface area contributed by atoms with Gasteiger partial charge in [0.15, 0.2) is 0 Å². The van der Waals surface area contributed by atoms with Crippen molar-refractivity contribution < 1.29 is 20.1 Å². The summed E-state index contributed by atoms with van der Waals surface area (Å²) in [5.74, 6) is -1.21. The molecule has 0 rings (SSSR count). The largest absolute Gasteiger partial charge is 0.479 e. The maximum atomic E-state index is 9.44. The van der Waals surface area contributed by atoms with Crippen molar-refractivity contribution in [1.82, 2.24) is 4.90 Å². The Bertz CT molecular complexity index is 341. The number of hydrogen-bond donors (Lipinski definition) is 3. The number of alkyl halides is 2. The average molecular weight is 473 g/mol. The Balaban J connectivity index is 0. The van der Waals surface area contributed by atoms with Crippen LogP contribution >= 0.6 is 23.2 Å². The van der Waals surface area contributed by atoms with Gasteiger partial charge in [-0.15, -0.1) is 0 Å². The van der Waals surface area contributed by atoms with Crippen LogP contribution in [0.2, 0.25) is 0 Å². The summed E-state index contributed by atoms with van der Waals surface area (Å²) in [5.41, 5.74) is 0. The van der Waals surface area contributed by atoms with Crippen LogP contribution in [0.15, 0.2) is 0 Å².